The number of rotatable bonds is 4. The molecule has 0 aliphatic rings. The maximum Gasteiger partial charge on any atom is 0.255 e. The number of alkyl halides is 2. The molecule has 0 aliphatic heterocycles. The summed E-state index contributed by atoms with van der Waals surface area (Å²) in [7, 11) is 0. The molecule has 5 nitrogen and oxygen atoms in total. The van der Waals surface area contributed by atoms with E-state index in [1.165, 1.54) is 11.3 Å². The Kier molecular flexibility index (Phi) is 3.69. The van der Waals surface area contributed by atoms with Crippen molar-refractivity contribution in [1.29, 1.82) is 0 Å². The van der Waals surface area contributed by atoms with Crippen molar-refractivity contribution in [1.82, 2.24) is 14.8 Å². The van der Waals surface area contributed by atoms with Gasteiger partial charge in [-0.1, -0.05) is 17.4 Å². The number of nitrogens with zero attached hydrogens (tertiary/aromatic N) is 3. The number of thiazole rings is 1. The lowest BCUT2D eigenvalue weighted by atomic mass is 10.1. The molecule has 0 bridgehead atoms. The lowest BCUT2D eigenvalue weighted by Crippen LogP contribution is -2.09. The van der Waals surface area contributed by atoms with Gasteiger partial charge in [0.15, 0.2) is 10.8 Å². The standard InChI is InChI=1S/C14H14F2N4OS/c1-7-3-8(2)12(9(21)4-7)20-6-10-13(19-20)18-14(22-10)17-5-11(15)16/h3-4,6,11,21H,5H2,1-2H3,(H,17,18,19). The van der Waals surface area contributed by atoms with E-state index in [0.29, 0.717) is 16.5 Å². The second-order valence-corrected chi connectivity index (χ2v) is 6.03. The number of phenols is 1. The summed E-state index contributed by atoms with van der Waals surface area (Å²) in [5, 5.41) is 17.4. The molecule has 0 saturated heterocycles. The molecule has 8 heteroatoms. The van der Waals surface area contributed by atoms with Gasteiger partial charge in [-0.15, -0.1) is 5.10 Å². The van der Waals surface area contributed by atoms with Crippen LogP contribution in [0, 0.1) is 13.8 Å². The van der Waals surface area contributed by atoms with Gasteiger partial charge < -0.3 is 10.4 Å². The Labute approximate surface area is 129 Å². The third kappa shape index (κ3) is 2.74. The van der Waals surface area contributed by atoms with E-state index in [4.69, 9.17) is 0 Å². The van der Waals surface area contributed by atoms with Crippen molar-refractivity contribution in [2.24, 2.45) is 0 Å². The number of halogens is 2. The molecule has 0 spiro atoms. The highest BCUT2D eigenvalue weighted by atomic mass is 32.1. The fourth-order valence-corrected chi connectivity index (χ4v) is 3.14. The monoisotopic (exact) mass is 324 g/mol. The molecule has 0 aliphatic carbocycles. The van der Waals surface area contributed by atoms with Crippen LogP contribution in [-0.4, -0.2) is 32.8 Å². The minimum Gasteiger partial charge on any atom is -0.506 e. The highest BCUT2D eigenvalue weighted by molar-refractivity contribution is 7.22. The third-order valence-electron chi connectivity index (χ3n) is 3.14. The number of hydrogen-bond acceptors (Lipinski definition) is 5. The second kappa shape index (κ2) is 5.53. The van der Waals surface area contributed by atoms with Crippen molar-refractivity contribution in [3.05, 3.63) is 29.5 Å². The molecular weight excluding hydrogens is 310 g/mol. The first-order valence-electron chi connectivity index (χ1n) is 6.63. The molecule has 116 valence electrons. The molecule has 2 aromatic heterocycles. The fourth-order valence-electron chi connectivity index (χ4n) is 2.31. The summed E-state index contributed by atoms with van der Waals surface area (Å²) in [5.74, 6) is 0.142. The smallest absolute Gasteiger partial charge is 0.255 e. The van der Waals surface area contributed by atoms with Gasteiger partial charge in [0.2, 0.25) is 0 Å². The molecule has 0 saturated carbocycles. The van der Waals surface area contributed by atoms with Crippen molar-refractivity contribution < 1.29 is 13.9 Å². The number of anilines is 1. The third-order valence-corrected chi connectivity index (χ3v) is 4.07. The van der Waals surface area contributed by atoms with E-state index >= 15 is 0 Å². The number of benzene rings is 1. The van der Waals surface area contributed by atoms with E-state index < -0.39 is 13.0 Å². The van der Waals surface area contributed by atoms with Crippen molar-refractivity contribution in [3.63, 3.8) is 0 Å². The van der Waals surface area contributed by atoms with Gasteiger partial charge in [-0.2, -0.15) is 4.98 Å². The zero-order valence-corrected chi connectivity index (χ0v) is 12.8. The average molecular weight is 324 g/mol. The van der Waals surface area contributed by atoms with Crippen LogP contribution in [0.5, 0.6) is 5.75 Å². The predicted octanol–water partition coefficient (Wildman–Crippen LogP) is 3.48. The van der Waals surface area contributed by atoms with Gasteiger partial charge in [0.05, 0.1) is 17.4 Å². The number of aromatic nitrogens is 3. The molecule has 0 fully saturated rings. The topological polar surface area (TPSA) is 63.0 Å². The zero-order chi connectivity index (χ0) is 15.9. The second-order valence-electron chi connectivity index (χ2n) is 5.00. The van der Waals surface area contributed by atoms with Crippen LogP contribution in [-0.2, 0) is 0 Å². The van der Waals surface area contributed by atoms with E-state index in [1.807, 2.05) is 19.9 Å². The highest BCUT2D eigenvalue weighted by Crippen LogP contribution is 2.30. The van der Waals surface area contributed by atoms with Gasteiger partial charge in [0.1, 0.15) is 11.4 Å². The number of phenolic OH excluding ortho intramolecular Hbond substituents is 1. The number of aryl methyl sites for hydroxylation is 2. The van der Waals surface area contributed by atoms with Crippen LogP contribution in [0.25, 0.3) is 16.0 Å². The van der Waals surface area contributed by atoms with E-state index in [-0.39, 0.29) is 5.75 Å². The average Bonchev–Trinajstić information content (AvgIpc) is 2.93. The molecule has 0 unspecified atom stereocenters. The Morgan fingerprint density at radius 3 is 2.77 bits per heavy atom. The van der Waals surface area contributed by atoms with Gasteiger partial charge in [0, 0.05) is 0 Å². The minimum absolute atomic E-state index is 0.142. The molecule has 0 radical (unpaired) electrons. The molecule has 2 heterocycles. The Balaban J connectivity index is 1.95. The highest BCUT2D eigenvalue weighted by Gasteiger charge is 2.14. The zero-order valence-electron chi connectivity index (χ0n) is 12.0. The summed E-state index contributed by atoms with van der Waals surface area (Å²) in [6.07, 6.45) is -0.693. The summed E-state index contributed by atoms with van der Waals surface area (Å²) < 4.78 is 26.7. The Morgan fingerprint density at radius 1 is 1.36 bits per heavy atom. The van der Waals surface area contributed by atoms with E-state index in [9.17, 15) is 13.9 Å². The lowest BCUT2D eigenvalue weighted by molar-refractivity contribution is 0.163. The SMILES string of the molecule is Cc1cc(C)c(-n2cc3sc(NCC(F)F)nc3n2)c(O)c1. The minimum atomic E-state index is -2.43. The first-order chi connectivity index (χ1) is 10.4. The van der Waals surface area contributed by atoms with Crippen LogP contribution < -0.4 is 5.32 Å². The summed E-state index contributed by atoms with van der Waals surface area (Å²) in [5.41, 5.74) is 2.91. The molecule has 2 N–H and O–H groups in total. The van der Waals surface area contributed by atoms with Crippen LogP contribution in [0.2, 0.25) is 0 Å². The summed E-state index contributed by atoms with van der Waals surface area (Å²) in [4.78, 5) is 4.17. The van der Waals surface area contributed by atoms with Gasteiger partial charge in [-0.05, 0) is 31.0 Å². The van der Waals surface area contributed by atoms with E-state index in [2.05, 4.69) is 15.4 Å². The Bertz CT molecular complexity index is 773. The maximum absolute atomic E-state index is 12.2. The predicted molar refractivity (Wildman–Crippen MR) is 82.4 cm³/mol. The number of aromatic hydroxyl groups is 1. The number of fused-ring (bicyclic) bond motifs is 1. The Morgan fingerprint density at radius 2 is 2.14 bits per heavy atom. The van der Waals surface area contributed by atoms with Crippen molar-refractivity contribution >= 4 is 26.8 Å². The van der Waals surface area contributed by atoms with Crippen LogP contribution in [0.4, 0.5) is 13.9 Å². The van der Waals surface area contributed by atoms with Crippen molar-refractivity contribution in [2.45, 2.75) is 20.3 Å². The molecule has 3 aromatic rings. The number of nitrogens with one attached hydrogen (secondary N) is 1. The van der Waals surface area contributed by atoms with E-state index in [0.717, 1.165) is 15.8 Å². The largest absolute Gasteiger partial charge is 0.506 e. The number of hydrogen-bond donors (Lipinski definition) is 2. The van der Waals surface area contributed by atoms with E-state index in [1.54, 1.807) is 16.9 Å². The van der Waals surface area contributed by atoms with Crippen LogP contribution in [0.15, 0.2) is 18.3 Å². The van der Waals surface area contributed by atoms with Gasteiger partial charge in [-0.25, -0.2) is 13.5 Å². The van der Waals surface area contributed by atoms with Crippen molar-refractivity contribution in [2.75, 3.05) is 11.9 Å². The van der Waals surface area contributed by atoms with Gasteiger partial charge >= 0.3 is 0 Å². The normalized spacial score (nSPS) is 11.5. The van der Waals surface area contributed by atoms with Gasteiger partial charge in [0.25, 0.3) is 6.43 Å². The quantitative estimate of drug-likeness (QED) is 0.771. The summed E-state index contributed by atoms with van der Waals surface area (Å²) in [6.45, 7) is 3.36. The lowest BCUT2D eigenvalue weighted by Gasteiger charge is -2.09. The van der Waals surface area contributed by atoms with Crippen LogP contribution in [0.3, 0.4) is 0 Å². The first kappa shape index (κ1) is 14.7. The summed E-state index contributed by atoms with van der Waals surface area (Å²) in [6, 6.07) is 3.62. The maximum atomic E-state index is 12.2. The van der Waals surface area contributed by atoms with Crippen LogP contribution in [0.1, 0.15) is 11.1 Å². The molecule has 3 rings (SSSR count). The molecule has 22 heavy (non-hydrogen) atoms. The van der Waals surface area contributed by atoms with Crippen LogP contribution >= 0.6 is 11.3 Å². The van der Waals surface area contributed by atoms with Crippen molar-refractivity contribution in [3.8, 4) is 11.4 Å². The fraction of sp³-hybridized carbons (Fsp3) is 0.286. The molecule has 0 atom stereocenters. The van der Waals surface area contributed by atoms with Gasteiger partial charge in [-0.3, -0.25) is 0 Å². The molecular formula is C14H14F2N4OS. The summed E-state index contributed by atoms with van der Waals surface area (Å²) >= 11 is 1.25. The Hall–Kier alpha value is -2.22. The molecule has 1 aromatic carbocycles. The molecule has 0 amide bonds. The first-order valence-corrected chi connectivity index (χ1v) is 7.44.